The van der Waals surface area contributed by atoms with Gasteiger partial charge in [-0.25, -0.2) is 4.98 Å². The monoisotopic (exact) mass is 304 g/mol. The van der Waals surface area contributed by atoms with Crippen LogP contribution in [0.25, 0.3) is 0 Å². The van der Waals surface area contributed by atoms with Crippen LogP contribution in [0.1, 0.15) is 41.3 Å². The topological polar surface area (TPSA) is 66.9 Å². The lowest BCUT2D eigenvalue weighted by Crippen LogP contribution is -2.14. The Morgan fingerprint density at radius 2 is 2.19 bits per heavy atom. The van der Waals surface area contributed by atoms with Crippen molar-refractivity contribution in [3.63, 3.8) is 0 Å². The second kappa shape index (κ2) is 7.17. The van der Waals surface area contributed by atoms with Crippen LogP contribution < -0.4 is 10.6 Å². The summed E-state index contributed by atoms with van der Waals surface area (Å²) in [6.45, 7) is 7.03. The van der Waals surface area contributed by atoms with Gasteiger partial charge in [0.2, 0.25) is 0 Å². The van der Waals surface area contributed by atoms with Crippen molar-refractivity contribution in [2.24, 2.45) is 0 Å². The van der Waals surface area contributed by atoms with Crippen LogP contribution in [0.2, 0.25) is 0 Å². The summed E-state index contributed by atoms with van der Waals surface area (Å²) in [7, 11) is 0. The van der Waals surface area contributed by atoms with Gasteiger partial charge in [0, 0.05) is 23.3 Å². The first kappa shape index (κ1) is 15.4. The normalized spacial score (nSPS) is 10.4. The summed E-state index contributed by atoms with van der Waals surface area (Å²) in [5, 5.41) is 6.69. The fraction of sp³-hybridized carbons (Fsp3) is 0.400. The van der Waals surface area contributed by atoms with E-state index in [-0.39, 0.29) is 5.91 Å². The molecule has 0 radical (unpaired) electrons. The quantitative estimate of drug-likeness (QED) is 0.857. The number of anilines is 2. The molecule has 0 saturated carbocycles. The van der Waals surface area contributed by atoms with Crippen molar-refractivity contribution in [3.8, 4) is 0 Å². The number of hydrogen-bond donors (Lipinski definition) is 2. The Morgan fingerprint density at radius 1 is 1.38 bits per heavy atom. The number of aryl methyl sites for hydroxylation is 2. The second-order valence-electron chi connectivity index (χ2n) is 4.69. The van der Waals surface area contributed by atoms with Gasteiger partial charge in [0.05, 0.1) is 5.69 Å². The van der Waals surface area contributed by atoms with E-state index in [0.717, 1.165) is 35.6 Å². The van der Waals surface area contributed by atoms with Crippen molar-refractivity contribution in [3.05, 3.63) is 34.6 Å². The maximum atomic E-state index is 12.2. The van der Waals surface area contributed by atoms with E-state index in [9.17, 15) is 4.79 Å². The number of thiazole rings is 1. The molecule has 0 fully saturated rings. The molecule has 0 unspecified atom stereocenters. The van der Waals surface area contributed by atoms with Gasteiger partial charge in [0.1, 0.15) is 5.69 Å². The molecule has 2 aromatic rings. The Bertz CT molecular complexity index is 624. The molecule has 0 bridgehead atoms. The Morgan fingerprint density at radius 3 is 2.86 bits per heavy atom. The molecule has 6 heteroatoms. The van der Waals surface area contributed by atoms with Crippen LogP contribution >= 0.6 is 11.3 Å². The van der Waals surface area contributed by atoms with Crippen LogP contribution in [0.3, 0.4) is 0 Å². The highest BCUT2D eigenvalue weighted by Gasteiger charge is 2.12. The minimum atomic E-state index is -0.230. The minimum absolute atomic E-state index is 0.230. The smallest absolute Gasteiger partial charge is 0.276 e. The van der Waals surface area contributed by atoms with E-state index in [4.69, 9.17) is 0 Å². The molecule has 2 N–H and O–H groups in total. The summed E-state index contributed by atoms with van der Waals surface area (Å²) in [6, 6.07) is 3.61. The predicted molar refractivity (Wildman–Crippen MR) is 87.2 cm³/mol. The average Bonchev–Trinajstić information content (AvgIpc) is 2.85. The Hall–Kier alpha value is -1.95. The van der Waals surface area contributed by atoms with E-state index < -0.39 is 0 Å². The minimum Gasteiger partial charge on any atom is -0.385 e. The van der Waals surface area contributed by atoms with Gasteiger partial charge in [0.25, 0.3) is 5.91 Å². The molecule has 2 heterocycles. The van der Waals surface area contributed by atoms with Crippen molar-refractivity contribution in [1.29, 1.82) is 0 Å². The highest BCUT2D eigenvalue weighted by atomic mass is 32.1. The lowest BCUT2D eigenvalue weighted by Gasteiger charge is -2.06. The van der Waals surface area contributed by atoms with Crippen LogP contribution in [0.15, 0.2) is 18.3 Å². The molecule has 1 amide bonds. The molecule has 0 spiro atoms. The zero-order valence-corrected chi connectivity index (χ0v) is 13.4. The molecule has 0 atom stereocenters. The van der Waals surface area contributed by atoms with Crippen LogP contribution in [0, 0.1) is 6.92 Å². The lowest BCUT2D eigenvalue weighted by molar-refractivity contribution is 0.102. The first-order chi connectivity index (χ1) is 10.1. The molecule has 112 valence electrons. The standard InChI is InChI=1S/C15H20N4OS/c1-4-7-16-11-6-8-17-13(9-11)14(20)19-15-18-12(5-2)10(3)21-15/h6,8-9H,4-5,7H2,1-3H3,(H,16,17)(H,18,19,20). The SMILES string of the molecule is CCCNc1ccnc(C(=O)Nc2nc(CC)c(C)s2)c1. The van der Waals surface area contributed by atoms with E-state index in [0.29, 0.717) is 10.8 Å². The number of hydrogen-bond acceptors (Lipinski definition) is 5. The predicted octanol–water partition coefficient (Wildman–Crippen LogP) is 3.48. The molecule has 0 aliphatic carbocycles. The molecule has 21 heavy (non-hydrogen) atoms. The molecular formula is C15H20N4OS. The van der Waals surface area contributed by atoms with Crippen molar-refractivity contribution in [1.82, 2.24) is 9.97 Å². The zero-order valence-electron chi connectivity index (χ0n) is 12.6. The number of carbonyl (C=O) groups excluding carboxylic acids is 1. The zero-order chi connectivity index (χ0) is 15.2. The van der Waals surface area contributed by atoms with E-state index in [2.05, 4.69) is 34.4 Å². The fourth-order valence-electron chi connectivity index (χ4n) is 1.90. The van der Waals surface area contributed by atoms with Gasteiger partial charge in [-0.15, -0.1) is 11.3 Å². The number of pyridine rings is 1. The Balaban J connectivity index is 2.08. The third-order valence-electron chi connectivity index (χ3n) is 3.02. The second-order valence-corrected chi connectivity index (χ2v) is 5.89. The third-order valence-corrected chi connectivity index (χ3v) is 3.95. The van der Waals surface area contributed by atoms with E-state index >= 15 is 0 Å². The summed E-state index contributed by atoms with van der Waals surface area (Å²) < 4.78 is 0. The number of nitrogens with zero attached hydrogens (tertiary/aromatic N) is 2. The number of carbonyl (C=O) groups is 1. The third kappa shape index (κ3) is 4.01. The molecule has 0 aliphatic rings. The first-order valence-electron chi connectivity index (χ1n) is 7.11. The lowest BCUT2D eigenvalue weighted by atomic mass is 10.3. The summed E-state index contributed by atoms with van der Waals surface area (Å²) in [4.78, 5) is 21.9. The van der Waals surface area contributed by atoms with Crippen molar-refractivity contribution >= 4 is 28.1 Å². The van der Waals surface area contributed by atoms with Gasteiger partial charge < -0.3 is 5.32 Å². The van der Waals surface area contributed by atoms with Gasteiger partial charge in [-0.3, -0.25) is 15.1 Å². The fourth-order valence-corrected chi connectivity index (χ4v) is 2.80. The van der Waals surface area contributed by atoms with Crippen LogP contribution in [-0.4, -0.2) is 22.4 Å². The summed E-state index contributed by atoms with van der Waals surface area (Å²) in [6.07, 6.45) is 3.53. The molecule has 2 rings (SSSR count). The molecule has 5 nitrogen and oxygen atoms in total. The summed E-state index contributed by atoms with van der Waals surface area (Å²) in [5.41, 5.74) is 2.32. The van der Waals surface area contributed by atoms with Crippen LogP contribution in [0.4, 0.5) is 10.8 Å². The molecular weight excluding hydrogens is 284 g/mol. The summed E-state index contributed by atoms with van der Waals surface area (Å²) >= 11 is 1.49. The number of amides is 1. The maximum absolute atomic E-state index is 12.2. The highest BCUT2D eigenvalue weighted by molar-refractivity contribution is 7.15. The van der Waals surface area contributed by atoms with Gasteiger partial charge in [-0.05, 0) is 31.9 Å². The Labute approximate surface area is 128 Å². The average molecular weight is 304 g/mol. The van der Waals surface area contributed by atoms with Gasteiger partial charge in [-0.1, -0.05) is 13.8 Å². The molecule has 0 aliphatic heterocycles. The molecule has 2 aromatic heterocycles. The van der Waals surface area contributed by atoms with Gasteiger partial charge in [0.15, 0.2) is 5.13 Å². The van der Waals surface area contributed by atoms with E-state index in [1.807, 2.05) is 13.0 Å². The number of aromatic nitrogens is 2. The molecule has 0 saturated heterocycles. The number of nitrogens with one attached hydrogen (secondary N) is 2. The van der Waals surface area contributed by atoms with Crippen LogP contribution in [-0.2, 0) is 6.42 Å². The van der Waals surface area contributed by atoms with Gasteiger partial charge in [-0.2, -0.15) is 0 Å². The summed E-state index contributed by atoms with van der Waals surface area (Å²) in [5.74, 6) is -0.230. The molecule has 0 aromatic carbocycles. The van der Waals surface area contributed by atoms with Gasteiger partial charge >= 0.3 is 0 Å². The van der Waals surface area contributed by atoms with Crippen molar-refractivity contribution in [2.75, 3.05) is 17.2 Å². The Kier molecular flexibility index (Phi) is 5.27. The van der Waals surface area contributed by atoms with Crippen LogP contribution in [0.5, 0.6) is 0 Å². The first-order valence-corrected chi connectivity index (χ1v) is 7.93. The largest absolute Gasteiger partial charge is 0.385 e. The number of rotatable bonds is 6. The van der Waals surface area contributed by atoms with E-state index in [1.54, 1.807) is 12.3 Å². The van der Waals surface area contributed by atoms with E-state index in [1.165, 1.54) is 11.3 Å². The highest BCUT2D eigenvalue weighted by Crippen LogP contribution is 2.22. The van der Waals surface area contributed by atoms with Crippen molar-refractivity contribution in [2.45, 2.75) is 33.6 Å². The maximum Gasteiger partial charge on any atom is 0.276 e. The van der Waals surface area contributed by atoms with Crippen molar-refractivity contribution < 1.29 is 4.79 Å².